The standard InChI is InChI=1S/C25H30N2O4/c1-6-30-22-13-17-15-26-24(18-10-11-21(28-4)16(3)25(18)29-5)19-9-8-12-27(19)20(17)14-23(22)31-7-2/h8-14,24,26H,6-7,15H2,1-5H3/t24-/m1/s1. The molecule has 0 radical (unpaired) electrons. The summed E-state index contributed by atoms with van der Waals surface area (Å²) in [5.41, 5.74) is 5.43. The second-order valence-electron chi connectivity index (χ2n) is 7.43. The second kappa shape index (κ2) is 8.94. The van der Waals surface area contributed by atoms with Gasteiger partial charge in [0, 0.05) is 35.6 Å². The Bertz CT molecular complexity index is 1070. The fraction of sp³-hybridized carbons (Fsp3) is 0.360. The molecule has 6 nitrogen and oxygen atoms in total. The van der Waals surface area contributed by atoms with Gasteiger partial charge in [0.1, 0.15) is 11.5 Å². The van der Waals surface area contributed by atoms with Crippen molar-refractivity contribution in [1.82, 2.24) is 9.88 Å². The number of hydrogen-bond acceptors (Lipinski definition) is 5. The van der Waals surface area contributed by atoms with Gasteiger partial charge in [-0.2, -0.15) is 0 Å². The van der Waals surface area contributed by atoms with Gasteiger partial charge < -0.3 is 28.8 Å². The first-order chi connectivity index (χ1) is 15.1. The summed E-state index contributed by atoms with van der Waals surface area (Å²) in [4.78, 5) is 0. The van der Waals surface area contributed by atoms with Crippen LogP contribution in [0.3, 0.4) is 0 Å². The lowest BCUT2D eigenvalue weighted by Gasteiger charge is -2.22. The highest BCUT2D eigenvalue weighted by Gasteiger charge is 2.28. The van der Waals surface area contributed by atoms with Crippen LogP contribution in [0.4, 0.5) is 0 Å². The SMILES string of the molecule is CCOc1cc2c(cc1OCC)-n1cccc1[C@@H](c1ccc(OC)c(C)c1OC)NC2. The average molecular weight is 423 g/mol. The van der Waals surface area contributed by atoms with Crippen molar-refractivity contribution in [1.29, 1.82) is 0 Å². The zero-order valence-electron chi connectivity index (χ0n) is 18.8. The molecule has 1 aliphatic heterocycles. The molecule has 4 rings (SSSR count). The predicted octanol–water partition coefficient (Wildman–Crippen LogP) is 4.79. The first-order valence-electron chi connectivity index (χ1n) is 10.7. The van der Waals surface area contributed by atoms with Gasteiger partial charge in [-0.3, -0.25) is 0 Å². The van der Waals surface area contributed by atoms with Crippen molar-refractivity contribution < 1.29 is 18.9 Å². The minimum Gasteiger partial charge on any atom is -0.496 e. The highest BCUT2D eigenvalue weighted by Crippen LogP contribution is 2.41. The van der Waals surface area contributed by atoms with Crippen LogP contribution in [0.5, 0.6) is 23.0 Å². The largest absolute Gasteiger partial charge is 0.496 e. The Hall–Kier alpha value is -3.12. The van der Waals surface area contributed by atoms with Crippen LogP contribution in [0, 0.1) is 6.92 Å². The molecule has 1 N–H and O–H groups in total. The van der Waals surface area contributed by atoms with Crippen LogP contribution in [0.2, 0.25) is 0 Å². The van der Waals surface area contributed by atoms with Gasteiger partial charge in [0.05, 0.1) is 39.2 Å². The maximum absolute atomic E-state index is 5.88. The van der Waals surface area contributed by atoms with Gasteiger partial charge in [-0.25, -0.2) is 0 Å². The molecule has 1 aromatic heterocycles. The van der Waals surface area contributed by atoms with E-state index >= 15 is 0 Å². The molecule has 0 saturated heterocycles. The predicted molar refractivity (Wildman–Crippen MR) is 121 cm³/mol. The molecule has 31 heavy (non-hydrogen) atoms. The number of rotatable bonds is 7. The fourth-order valence-electron chi connectivity index (χ4n) is 4.34. The third-order valence-electron chi connectivity index (χ3n) is 5.70. The number of aromatic nitrogens is 1. The van der Waals surface area contributed by atoms with Crippen LogP contribution < -0.4 is 24.3 Å². The van der Waals surface area contributed by atoms with E-state index in [0.29, 0.717) is 19.8 Å². The Balaban J connectivity index is 1.84. The molecule has 0 bridgehead atoms. The normalized spacial score (nSPS) is 14.9. The lowest BCUT2D eigenvalue weighted by Crippen LogP contribution is -2.22. The summed E-state index contributed by atoms with van der Waals surface area (Å²) in [5.74, 6) is 3.19. The van der Waals surface area contributed by atoms with Crippen molar-refractivity contribution in [2.75, 3.05) is 27.4 Å². The molecule has 2 heterocycles. The van der Waals surface area contributed by atoms with E-state index in [1.54, 1.807) is 14.2 Å². The molecule has 2 aromatic carbocycles. The number of fused-ring (bicyclic) bond motifs is 3. The van der Waals surface area contributed by atoms with Crippen molar-refractivity contribution in [3.63, 3.8) is 0 Å². The lowest BCUT2D eigenvalue weighted by atomic mass is 9.99. The number of benzene rings is 2. The molecule has 0 spiro atoms. The molecular weight excluding hydrogens is 392 g/mol. The van der Waals surface area contributed by atoms with Gasteiger partial charge in [0.2, 0.25) is 0 Å². The Labute approximate surface area is 183 Å². The maximum atomic E-state index is 5.88. The summed E-state index contributed by atoms with van der Waals surface area (Å²) in [6, 6.07) is 12.4. The van der Waals surface area contributed by atoms with E-state index in [2.05, 4.69) is 46.4 Å². The minimum atomic E-state index is -0.0481. The van der Waals surface area contributed by atoms with Crippen LogP contribution >= 0.6 is 0 Å². The lowest BCUT2D eigenvalue weighted by molar-refractivity contribution is 0.287. The van der Waals surface area contributed by atoms with Crippen LogP contribution in [0.25, 0.3) is 5.69 Å². The summed E-state index contributed by atoms with van der Waals surface area (Å²) >= 11 is 0. The Morgan fingerprint density at radius 2 is 1.71 bits per heavy atom. The Kier molecular flexibility index (Phi) is 6.09. The van der Waals surface area contributed by atoms with Crippen molar-refractivity contribution in [2.24, 2.45) is 0 Å². The molecule has 3 aromatic rings. The number of hydrogen-bond donors (Lipinski definition) is 1. The molecule has 1 atom stereocenters. The van der Waals surface area contributed by atoms with Gasteiger partial charge in [-0.05, 0) is 56.7 Å². The van der Waals surface area contributed by atoms with Crippen LogP contribution in [-0.2, 0) is 6.54 Å². The van der Waals surface area contributed by atoms with Crippen LogP contribution in [-0.4, -0.2) is 32.0 Å². The maximum Gasteiger partial charge on any atom is 0.163 e. The number of methoxy groups -OCH3 is 2. The zero-order chi connectivity index (χ0) is 22.0. The summed E-state index contributed by atoms with van der Waals surface area (Å²) in [6.45, 7) is 7.85. The first-order valence-corrected chi connectivity index (χ1v) is 10.7. The van der Waals surface area contributed by atoms with E-state index in [1.807, 2.05) is 26.8 Å². The highest BCUT2D eigenvalue weighted by atomic mass is 16.5. The monoisotopic (exact) mass is 422 g/mol. The molecule has 0 aliphatic carbocycles. The summed E-state index contributed by atoms with van der Waals surface area (Å²) in [7, 11) is 3.39. The van der Waals surface area contributed by atoms with E-state index in [1.165, 1.54) is 0 Å². The first kappa shape index (κ1) is 21.1. The van der Waals surface area contributed by atoms with E-state index < -0.39 is 0 Å². The molecule has 164 valence electrons. The topological polar surface area (TPSA) is 53.9 Å². The number of ether oxygens (including phenoxy) is 4. The zero-order valence-corrected chi connectivity index (χ0v) is 18.8. The molecule has 6 heteroatoms. The van der Waals surface area contributed by atoms with Crippen molar-refractivity contribution in [3.05, 3.63) is 65.0 Å². The van der Waals surface area contributed by atoms with Gasteiger partial charge in [-0.1, -0.05) is 0 Å². The smallest absolute Gasteiger partial charge is 0.163 e. The van der Waals surface area contributed by atoms with Crippen molar-refractivity contribution in [2.45, 2.75) is 33.4 Å². The number of nitrogens with one attached hydrogen (secondary N) is 1. The third kappa shape index (κ3) is 3.72. The fourth-order valence-corrected chi connectivity index (χ4v) is 4.34. The van der Waals surface area contributed by atoms with Gasteiger partial charge in [0.25, 0.3) is 0 Å². The molecule has 1 aliphatic rings. The van der Waals surface area contributed by atoms with Crippen molar-refractivity contribution >= 4 is 0 Å². The van der Waals surface area contributed by atoms with E-state index in [4.69, 9.17) is 18.9 Å². The van der Waals surface area contributed by atoms with E-state index in [0.717, 1.165) is 51.1 Å². The molecule has 0 saturated carbocycles. The second-order valence-corrected chi connectivity index (χ2v) is 7.43. The molecule has 0 unspecified atom stereocenters. The average Bonchev–Trinajstić information content (AvgIpc) is 3.20. The highest BCUT2D eigenvalue weighted by molar-refractivity contribution is 5.58. The Morgan fingerprint density at radius 1 is 0.968 bits per heavy atom. The summed E-state index contributed by atoms with van der Waals surface area (Å²) < 4.78 is 25.3. The molecule has 0 amide bonds. The molecule has 0 fully saturated rings. The summed E-state index contributed by atoms with van der Waals surface area (Å²) in [5, 5.41) is 3.72. The van der Waals surface area contributed by atoms with Gasteiger partial charge in [-0.15, -0.1) is 0 Å². The van der Waals surface area contributed by atoms with Crippen LogP contribution in [0.15, 0.2) is 42.6 Å². The van der Waals surface area contributed by atoms with Gasteiger partial charge >= 0.3 is 0 Å². The Morgan fingerprint density at radius 3 is 2.39 bits per heavy atom. The minimum absolute atomic E-state index is 0.0481. The molecular formula is C25H30N2O4. The van der Waals surface area contributed by atoms with Crippen LogP contribution in [0.1, 0.15) is 42.3 Å². The third-order valence-corrected chi connectivity index (χ3v) is 5.70. The van der Waals surface area contributed by atoms with E-state index in [-0.39, 0.29) is 6.04 Å². The van der Waals surface area contributed by atoms with E-state index in [9.17, 15) is 0 Å². The van der Waals surface area contributed by atoms with Gasteiger partial charge in [0.15, 0.2) is 11.5 Å². The quantitative estimate of drug-likeness (QED) is 0.593. The number of nitrogens with zero attached hydrogens (tertiary/aromatic N) is 1. The van der Waals surface area contributed by atoms with Crippen molar-refractivity contribution in [3.8, 4) is 28.7 Å². The summed E-state index contributed by atoms with van der Waals surface area (Å²) in [6.07, 6.45) is 2.09.